The molecular weight excluding hydrogens is 282 g/mol. The lowest BCUT2D eigenvalue weighted by molar-refractivity contribution is -0.133. The molecule has 3 aliphatic heterocycles. The van der Waals surface area contributed by atoms with Crippen LogP contribution in [0.15, 0.2) is 35.3 Å². The summed E-state index contributed by atoms with van der Waals surface area (Å²) >= 11 is 0. The van der Waals surface area contributed by atoms with Gasteiger partial charge in [-0.25, -0.2) is 0 Å². The van der Waals surface area contributed by atoms with Crippen LogP contribution in [0.2, 0.25) is 0 Å². The zero-order valence-corrected chi connectivity index (χ0v) is 12.7. The Hall–Kier alpha value is -2.21. The molecule has 2 bridgehead atoms. The number of fused-ring (bicyclic) bond motifs is 5. The summed E-state index contributed by atoms with van der Waals surface area (Å²) in [6, 6.07) is 9.68. The molecule has 3 heterocycles. The third kappa shape index (κ3) is 1.36. The molecule has 2 saturated heterocycles. The van der Waals surface area contributed by atoms with E-state index in [9.17, 15) is 9.59 Å². The summed E-state index contributed by atoms with van der Waals surface area (Å²) in [6.07, 6.45) is 0. The predicted molar refractivity (Wildman–Crippen MR) is 80.3 cm³/mol. The van der Waals surface area contributed by atoms with Gasteiger partial charge in [0.2, 0.25) is 11.8 Å². The van der Waals surface area contributed by atoms with Gasteiger partial charge in [-0.15, -0.1) is 0 Å². The van der Waals surface area contributed by atoms with Crippen molar-refractivity contribution in [2.24, 2.45) is 16.8 Å². The van der Waals surface area contributed by atoms with E-state index >= 15 is 0 Å². The topological polar surface area (TPSA) is 71.0 Å². The first-order valence-corrected chi connectivity index (χ1v) is 7.31. The summed E-state index contributed by atoms with van der Waals surface area (Å²) in [4.78, 5) is 31.1. The summed E-state index contributed by atoms with van der Waals surface area (Å²) in [5, 5.41) is 2.44. The normalized spacial score (nSPS) is 38.8. The fourth-order valence-electron chi connectivity index (χ4n) is 4.15. The largest absolute Gasteiger partial charge is 0.341 e. The van der Waals surface area contributed by atoms with Crippen molar-refractivity contribution in [2.75, 3.05) is 11.9 Å². The van der Waals surface area contributed by atoms with Crippen LogP contribution in [0.1, 0.15) is 13.8 Å². The molecule has 3 aliphatic rings. The number of nitrogens with zero attached hydrogens (tertiary/aromatic N) is 2. The van der Waals surface area contributed by atoms with Gasteiger partial charge in [0.1, 0.15) is 11.8 Å². The van der Waals surface area contributed by atoms with Crippen molar-refractivity contribution in [1.82, 2.24) is 5.32 Å². The van der Waals surface area contributed by atoms with Crippen molar-refractivity contribution in [3.8, 4) is 0 Å². The van der Waals surface area contributed by atoms with Crippen LogP contribution in [0.3, 0.4) is 0 Å². The number of aliphatic imine (C=N–C) groups is 1. The van der Waals surface area contributed by atoms with Gasteiger partial charge in [0.15, 0.2) is 11.4 Å². The minimum Gasteiger partial charge on any atom is -0.341 e. The summed E-state index contributed by atoms with van der Waals surface area (Å²) in [7, 11) is 1.87. The fraction of sp³-hybridized carbons (Fsp3) is 0.438. The second-order valence-corrected chi connectivity index (χ2v) is 6.25. The number of imide groups is 1. The van der Waals surface area contributed by atoms with E-state index in [1.807, 2.05) is 49.2 Å². The molecule has 4 rings (SSSR count). The Bertz CT molecular complexity index is 717. The van der Waals surface area contributed by atoms with Crippen LogP contribution in [0.25, 0.3) is 0 Å². The average Bonchev–Trinajstić information content (AvgIpc) is 3.04. The van der Waals surface area contributed by atoms with Crippen molar-refractivity contribution < 1.29 is 14.3 Å². The number of carbonyl (C=O) groups is 2. The molecule has 1 N–H and O–H groups in total. The zero-order valence-electron chi connectivity index (χ0n) is 12.7. The highest BCUT2D eigenvalue weighted by Gasteiger charge is 2.75. The Morgan fingerprint density at radius 3 is 2.50 bits per heavy atom. The third-order valence-corrected chi connectivity index (χ3v) is 5.06. The van der Waals surface area contributed by atoms with Crippen LogP contribution in [0.5, 0.6) is 0 Å². The number of benzene rings is 1. The van der Waals surface area contributed by atoms with E-state index < -0.39 is 23.3 Å². The highest BCUT2D eigenvalue weighted by atomic mass is 16.6. The molecule has 1 aromatic carbocycles. The Morgan fingerprint density at radius 1 is 1.18 bits per heavy atom. The van der Waals surface area contributed by atoms with Gasteiger partial charge in [0, 0.05) is 12.7 Å². The standard InChI is InChI=1S/C16H17N3O3/c1-9-16(19(3)10-7-5-4-6-8-10)12-11(13(20)17-14(12)21)15(2,18-9)22-16/h4-8,11-12H,1-3H3,(H,17,20,21). The number of hydrogen-bond acceptors (Lipinski definition) is 5. The quantitative estimate of drug-likeness (QED) is 0.825. The number of amides is 2. The number of para-hydroxylation sites is 1. The summed E-state index contributed by atoms with van der Waals surface area (Å²) < 4.78 is 6.22. The third-order valence-electron chi connectivity index (χ3n) is 5.06. The monoisotopic (exact) mass is 299 g/mol. The number of ether oxygens (including phenoxy) is 1. The number of nitrogens with one attached hydrogen (secondary N) is 1. The van der Waals surface area contributed by atoms with E-state index in [1.165, 1.54) is 0 Å². The molecule has 1 aromatic rings. The highest BCUT2D eigenvalue weighted by Crippen LogP contribution is 2.57. The summed E-state index contributed by atoms with van der Waals surface area (Å²) in [6.45, 7) is 3.64. The van der Waals surface area contributed by atoms with Gasteiger partial charge in [-0.3, -0.25) is 19.9 Å². The van der Waals surface area contributed by atoms with Gasteiger partial charge in [-0.05, 0) is 26.0 Å². The van der Waals surface area contributed by atoms with Gasteiger partial charge in [0.05, 0.1) is 5.71 Å². The van der Waals surface area contributed by atoms with E-state index in [-0.39, 0.29) is 11.8 Å². The molecule has 6 nitrogen and oxygen atoms in total. The van der Waals surface area contributed by atoms with E-state index in [2.05, 4.69) is 10.3 Å². The lowest BCUT2D eigenvalue weighted by Gasteiger charge is -2.40. The molecule has 2 fully saturated rings. The van der Waals surface area contributed by atoms with Gasteiger partial charge >= 0.3 is 0 Å². The second kappa shape index (κ2) is 3.95. The van der Waals surface area contributed by atoms with E-state index in [0.717, 1.165) is 11.4 Å². The van der Waals surface area contributed by atoms with Crippen molar-refractivity contribution in [1.29, 1.82) is 0 Å². The molecule has 0 radical (unpaired) electrons. The number of anilines is 1. The molecule has 4 unspecified atom stereocenters. The maximum atomic E-state index is 12.4. The van der Waals surface area contributed by atoms with Gasteiger partial charge in [-0.2, -0.15) is 0 Å². The van der Waals surface area contributed by atoms with Crippen LogP contribution >= 0.6 is 0 Å². The van der Waals surface area contributed by atoms with Crippen LogP contribution in [-0.4, -0.2) is 36.0 Å². The fourth-order valence-corrected chi connectivity index (χ4v) is 4.15. The molecular formula is C16H17N3O3. The maximum absolute atomic E-state index is 12.4. The Morgan fingerprint density at radius 2 is 1.82 bits per heavy atom. The summed E-state index contributed by atoms with van der Waals surface area (Å²) in [5.74, 6) is -1.73. The van der Waals surface area contributed by atoms with Crippen molar-refractivity contribution in [3.05, 3.63) is 30.3 Å². The predicted octanol–water partition coefficient (Wildman–Crippen LogP) is 0.929. The molecule has 114 valence electrons. The number of carbonyl (C=O) groups excluding carboxylic acids is 2. The lowest BCUT2D eigenvalue weighted by atomic mass is 9.78. The van der Waals surface area contributed by atoms with Crippen LogP contribution in [0, 0.1) is 11.8 Å². The molecule has 22 heavy (non-hydrogen) atoms. The van der Waals surface area contributed by atoms with Gasteiger partial charge in [-0.1, -0.05) is 18.2 Å². The highest BCUT2D eigenvalue weighted by molar-refractivity contribution is 6.13. The Kier molecular flexibility index (Phi) is 2.42. The van der Waals surface area contributed by atoms with Crippen molar-refractivity contribution in [2.45, 2.75) is 25.3 Å². The molecule has 0 aromatic heterocycles. The van der Waals surface area contributed by atoms with Gasteiger partial charge < -0.3 is 9.64 Å². The van der Waals surface area contributed by atoms with Gasteiger partial charge in [0.25, 0.3) is 0 Å². The zero-order chi connectivity index (χ0) is 15.7. The minimum absolute atomic E-state index is 0.282. The first-order chi connectivity index (χ1) is 10.4. The van der Waals surface area contributed by atoms with Crippen molar-refractivity contribution in [3.63, 3.8) is 0 Å². The smallest absolute Gasteiger partial charge is 0.235 e. The van der Waals surface area contributed by atoms with E-state index in [4.69, 9.17) is 4.74 Å². The molecule has 2 amide bonds. The van der Waals surface area contributed by atoms with Crippen LogP contribution < -0.4 is 10.2 Å². The number of hydrogen-bond donors (Lipinski definition) is 1. The van der Waals surface area contributed by atoms with Crippen molar-refractivity contribution >= 4 is 23.2 Å². The van der Waals surface area contributed by atoms with Crippen LogP contribution in [0.4, 0.5) is 5.69 Å². The SMILES string of the molecule is CC1=NC2(C)OC1(N(C)c1ccccc1)C1C(=O)NC(=O)C12. The van der Waals surface area contributed by atoms with E-state index in [1.54, 1.807) is 6.92 Å². The molecule has 0 spiro atoms. The first-order valence-electron chi connectivity index (χ1n) is 7.31. The Labute approximate surface area is 128 Å². The van der Waals surface area contributed by atoms with E-state index in [0.29, 0.717) is 0 Å². The van der Waals surface area contributed by atoms with Crippen LogP contribution in [-0.2, 0) is 14.3 Å². The molecule has 0 aliphatic carbocycles. The average molecular weight is 299 g/mol. The lowest BCUT2D eigenvalue weighted by Crippen LogP contribution is -2.58. The maximum Gasteiger partial charge on any atom is 0.235 e. The molecule has 4 atom stereocenters. The summed E-state index contributed by atoms with van der Waals surface area (Å²) in [5.41, 5.74) is -0.341. The molecule has 6 heteroatoms. The Balaban J connectivity index is 1.88. The minimum atomic E-state index is -1.00. The first kappa shape index (κ1) is 13.5. The second-order valence-electron chi connectivity index (χ2n) is 6.25. The number of rotatable bonds is 2. The molecule has 0 saturated carbocycles.